The second kappa shape index (κ2) is 7.88. The minimum atomic E-state index is 0.820. The third-order valence-corrected chi connectivity index (χ3v) is 3.81. The number of hydrogen-bond donors (Lipinski definition) is 2. The molecular formula is C16H22N4S. The number of aryl methyl sites for hydroxylation is 1. The first-order valence-corrected chi connectivity index (χ1v) is 8.51. The Morgan fingerprint density at radius 3 is 2.57 bits per heavy atom. The standard InChI is InChI=1S/C16H22N4S/c1-4-10-17-15-11-16(20-14(5-2)19-15)18-12-8-6-7-9-13(12)21-3/h6-9,11H,4-5,10H2,1-3H3,(H2,17,18,19,20). The number of para-hydroxylation sites is 1. The van der Waals surface area contributed by atoms with Crippen molar-refractivity contribution in [1.82, 2.24) is 9.97 Å². The average Bonchev–Trinajstić information content (AvgIpc) is 2.53. The number of nitrogens with zero attached hydrogens (tertiary/aromatic N) is 2. The smallest absolute Gasteiger partial charge is 0.136 e. The van der Waals surface area contributed by atoms with Gasteiger partial charge < -0.3 is 10.6 Å². The Labute approximate surface area is 130 Å². The van der Waals surface area contributed by atoms with Crippen molar-refractivity contribution < 1.29 is 0 Å². The molecule has 1 aromatic carbocycles. The van der Waals surface area contributed by atoms with Gasteiger partial charge in [0.05, 0.1) is 5.69 Å². The minimum absolute atomic E-state index is 0.820. The van der Waals surface area contributed by atoms with Gasteiger partial charge in [-0.1, -0.05) is 26.0 Å². The Morgan fingerprint density at radius 2 is 1.86 bits per heavy atom. The Morgan fingerprint density at radius 1 is 1.10 bits per heavy atom. The molecule has 0 fully saturated rings. The van der Waals surface area contributed by atoms with Crippen molar-refractivity contribution in [3.63, 3.8) is 0 Å². The lowest BCUT2D eigenvalue weighted by atomic mass is 10.3. The van der Waals surface area contributed by atoms with Crippen LogP contribution >= 0.6 is 11.8 Å². The molecule has 0 bridgehead atoms. The van der Waals surface area contributed by atoms with E-state index in [-0.39, 0.29) is 0 Å². The minimum Gasteiger partial charge on any atom is -0.370 e. The van der Waals surface area contributed by atoms with E-state index in [0.29, 0.717) is 0 Å². The molecule has 21 heavy (non-hydrogen) atoms. The molecule has 1 aromatic heterocycles. The molecule has 2 N–H and O–H groups in total. The van der Waals surface area contributed by atoms with Crippen molar-refractivity contribution in [2.75, 3.05) is 23.4 Å². The highest BCUT2D eigenvalue weighted by Gasteiger charge is 2.06. The molecule has 0 amide bonds. The van der Waals surface area contributed by atoms with Crippen LogP contribution in [0.1, 0.15) is 26.1 Å². The molecule has 0 aliphatic heterocycles. The first-order chi connectivity index (χ1) is 10.3. The molecule has 112 valence electrons. The van der Waals surface area contributed by atoms with Crippen LogP contribution in [0.2, 0.25) is 0 Å². The molecule has 5 heteroatoms. The molecule has 4 nitrogen and oxygen atoms in total. The maximum absolute atomic E-state index is 4.56. The van der Waals surface area contributed by atoms with E-state index in [1.807, 2.05) is 18.2 Å². The van der Waals surface area contributed by atoms with E-state index in [9.17, 15) is 0 Å². The fourth-order valence-corrected chi connectivity index (χ4v) is 2.50. The van der Waals surface area contributed by atoms with Gasteiger partial charge in [-0.25, -0.2) is 9.97 Å². The normalized spacial score (nSPS) is 10.4. The van der Waals surface area contributed by atoms with Gasteiger partial charge in [-0.15, -0.1) is 11.8 Å². The fraction of sp³-hybridized carbons (Fsp3) is 0.375. The Kier molecular flexibility index (Phi) is 5.87. The Balaban J connectivity index is 2.25. The predicted octanol–water partition coefficient (Wildman–Crippen LogP) is 4.33. The number of rotatable bonds is 7. The van der Waals surface area contributed by atoms with Crippen molar-refractivity contribution in [1.29, 1.82) is 0 Å². The maximum Gasteiger partial charge on any atom is 0.136 e. The van der Waals surface area contributed by atoms with Crippen LogP contribution in [-0.4, -0.2) is 22.8 Å². The second-order valence-corrected chi connectivity index (χ2v) is 5.51. The summed E-state index contributed by atoms with van der Waals surface area (Å²) in [5.74, 6) is 2.56. The van der Waals surface area contributed by atoms with Gasteiger partial charge in [-0.3, -0.25) is 0 Å². The Hall–Kier alpha value is -1.75. The summed E-state index contributed by atoms with van der Waals surface area (Å²) < 4.78 is 0. The van der Waals surface area contributed by atoms with Gasteiger partial charge in [-0.05, 0) is 24.8 Å². The predicted molar refractivity (Wildman–Crippen MR) is 91.7 cm³/mol. The van der Waals surface area contributed by atoms with Crippen molar-refractivity contribution in [2.24, 2.45) is 0 Å². The summed E-state index contributed by atoms with van der Waals surface area (Å²) in [7, 11) is 0. The van der Waals surface area contributed by atoms with Crippen LogP contribution in [0, 0.1) is 0 Å². The van der Waals surface area contributed by atoms with Gasteiger partial charge in [0.25, 0.3) is 0 Å². The van der Waals surface area contributed by atoms with E-state index in [1.54, 1.807) is 11.8 Å². The molecule has 0 saturated carbocycles. The van der Waals surface area contributed by atoms with E-state index >= 15 is 0 Å². The van der Waals surface area contributed by atoms with Gasteiger partial charge in [-0.2, -0.15) is 0 Å². The van der Waals surface area contributed by atoms with E-state index in [0.717, 1.165) is 42.5 Å². The van der Waals surface area contributed by atoms with Gasteiger partial charge in [0.15, 0.2) is 0 Å². The van der Waals surface area contributed by atoms with E-state index < -0.39 is 0 Å². The van der Waals surface area contributed by atoms with E-state index in [2.05, 4.69) is 52.8 Å². The summed E-state index contributed by atoms with van der Waals surface area (Å²) in [4.78, 5) is 10.3. The molecule has 0 aliphatic rings. The number of nitrogens with one attached hydrogen (secondary N) is 2. The third kappa shape index (κ3) is 4.36. The van der Waals surface area contributed by atoms with Crippen LogP contribution in [0.15, 0.2) is 35.2 Å². The topological polar surface area (TPSA) is 49.8 Å². The van der Waals surface area contributed by atoms with Gasteiger partial charge >= 0.3 is 0 Å². The first kappa shape index (κ1) is 15.6. The lowest BCUT2D eigenvalue weighted by molar-refractivity contribution is 0.919. The largest absolute Gasteiger partial charge is 0.370 e. The summed E-state index contributed by atoms with van der Waals surface area (Å²) >= 11 is 1.72. The zero-order valence-corrected chi connectivity index (χ0v) is 13.6. The van der Waals surface area contributed by atoms with Gasteiger partial charge in [0.1, 0.15) is 17.5 Å². The lowest BCUT2D eigenvalue weighted by Gasteiger charge is -2.12. The summed E-state index contributed by atoms with van der Waals surface area (Å²) in [5, 5.41) is 6.73. The molecular weight excluding hydrogens is 280 g/mol. The van der Waals surface area contributed by atoms with Crippen molar-refractivity contribution in [2.45, 2.75) is 31.6 Å². The summed E-state index contributed by atoms with van der Waals surface area (Å²) in [5.41, 5.74) is 1.08. The molecule has 0 atom stereocenters. The fourth-order valence-electron chi connectivity index (χ4n) is 1.95. The highest BCUT2D eigenvalue weighted by molar-refractivity contribution is 7.98. The maximum atomic E-state index is 4.56. The Bertz CT molecular complexity index is 586. The second-order valence-electron chi connectivity index (χ2n) is 4.66. The van der Waals surface area contributed by atoms with E-state index in [1.165, 1.54) is 4.90 Å². The van der Waals surface area contributed by atoms with Crippen LogP contribution < -0.4 is 10.6 Å². The highest BCUT2D eigenvalue weighted by atomic mass is 32.2. The summed E-state index contributed by atoms with van der Waals surface area (Å²) in [6.45, 7) is 5.13. The van der Waals surface area contributed by atoms with Crippen LogP contribution in [0.4, 0.5) is 17.3 Å². The van der Waals surface area contributed by atoms with Crippen molar-refractivity contribution >= 4 is 29.1 Å². The zero-order valence-electron chi connectivity index (χ0n) is 12.8. The first-order valence-electron chi connectivity index (χ1n) is 7.28. The monoisotopic (exact) mass is 302 g/mol. The van der Waals surface area contributed by atoms with Crippen molar-refractivity contribution in [3.05, 3.63) is 36.2 Å². The molecule has 1 heterocycles. The molecule has 2 aromatic rings. The number of anilines is 3. The SMILES string of the molecule is CCCNc1cc(Nc2ccccc2SC)nc(CC)n1. The molecule has 0 unspecified atom stereocenters. The van der Waals surface area contributed by atoms with Crippen LogP contribution in [0.3, 0.4) is 0 Å². The van der Waals surface area contributed by atoms with E-state index in [4.69, 9.17) is 0 Å². The highest BCUT2D eigenvalue weighted by Crippen LogP contribution is 2.27. The summed E-state index contributed by atoms with van der Waals surface area (Å²) in [6.07, 6.45) is 3.97. The quantitative estimate of drug-likeness (QED) is 0.746. The van der Waals surface area contributed by atoms with Gasteiger partial charge in [0, 0.05) is 23.9 Å². The van der Waals surface area contributed by atoms with Crippen LogP contribution in [-0.2, 0) is 6.42 Å². The number of thioether (sulfide) groups is 1. The third-order valence-electron chi connectivity index (χ3n) is 3.01. The molecule has 0 aliphatic carbocycles. The van der Waals surface area contributed by atoms with Crippen LogP contribution in [0.25, 0.3) is 0 Å². The number of hydrogen-bond acceptors (Lipinski definition) is 5. The average molecular weight is 302 g/mol. The molecule has 0 radical (unpaired) electrons. The molecule has 0 saturated heterocycles. The van der Waals surface area contributed by atoms with Crippen LogP contribution in [0.5, 0.6) is 0 Å². The number of aromatic nitrogens is 2. The van der Waals surface area contributed by atoms with Crippen molar-refractivity contribution in [3.8, 4) is 0 Å². The van der Waals surface area contributed by atoms with Gasteiger partial charge in [0.2, 0.25) is 0 Å². The lowest BCUT2D eigenvalue weighted by Crippen LogP contribution is -2.07. The molecule has 2 rings (SSSR count). The zero-order chi connectivity index (χ0) is 15.1. The molecule has 0 spiro atoms. The summed E-state index contributed by atoms with van der Waals surface area (Å²) in [6, 6.07) is 10.2. The number of benzene rings is 1.